The van der Waals surface area contributed by atoms with Gasteiger partial charge in [0.15, 0.2) is 0 Å². The highest BCUT2D eigenvalue weighted by Gasteiger charge is 2.18. The lowest BCUT2D eigenvalue weighted by Crippen LogP contribution is -2.44. The number of halogens is 1. The first-order valence-corrected chi connectivity index (χ1v) is 5.71. The van der Waals surface area contributed by atoms with Gasteiger partial charge in [-0.1, -0.05) is 11.6 Å². The van der Waals surface area contributed by atoms with E-state index >= 15 is 0 Å². The molecule has 82 valence electrons. The van der Waals surface area contributed by atoms with Crippen LogP contribution in [-0.2, 0) is 0 Å². The van der Waals surface area contributed by atoms with E-state index in [1.165, 1.54) is 18.5 Å². The number of rotatable bonds is 2. The van der Waals surface area contributed by atoms with Gasteiger partial charge in [0.1, 0.15) is 5.15 Å². The highest BCUT2D eigenvalue weighted by molar-refractivity contribution is 6.29. The molecule has 2 rings (SSSR count). The summed E-state index contributed by atoms with van der Waals surface area (Å²) < 4.78 is 0. The van der Waals surface area contributed by atoms with Gasteiger partial charge in [0, 0.05) is 19.1 Å². The van der Waals surface area contributed by atoms with Crippen LogP contribution in [0.4, 0.5) is 5.69 Å². The van der Waals surface area contributed by atoms with Crippen molar-refractivity contribution in [2.75, 3.05) is 25.0 Å². The molecule has 0 aliphatic carbocycles. The Morgan fingerprint density at radius 2 is 2.40 bits per heavy atom. The predicted molar refractivity (Wildman–Crippen MR) is 63.5 cm³/mol. The van der Waals surface area contributed by atoms with Crippen LogP contribution in [-0.4, -0.2) is 31.2 Å². The standard InChI is InChI=1S/C11H16ClN3/c1-13-9-3-2-6-15(8-9)10-4-5-11(12)14-7-10/h4-5,7,9,13H,2-3,6,8H2,1H3. The Bertz CT molecular complexity index is 312. The maximum absolute atomic E-state index is 5.76. The largest absolute Gasteiger partial charge is 0.369 e. The van der Waals surface area contributed by atoms with Gasteiger partial charge in [-0.3, -0.25) is 0 Å². The molecule has 0 saturated carbocycles. The van der Waals surface area contributed by atoms with E-state index in [1.807, 2.05) is 25.4 Å². The minimum absolute atomic E-state index is 0.556. The molecular weight excluding hydrogens is 210 g/mol. The third-order valence-electron chi connectivity index (χ3n) is 2.91. The van der Waals surface area contributed by atoms with E-state index in [1.54, 1.807) is 0 Å². The third-order valence-corrected chi connectivity index (χ3v) is 3.13. The number of nitrogens with zero attached hydrogens (tertiary/aromatic N) is 2. The minimum atomic E-state index is 0.556. The van der Waals surface area contributed by atoms with Crippen molar-refractivity contribution < 1.29 is 0 Å². The molecule has 2 heterocycles. The van der Waals surface area contributed by atoms with Crippen LogP contribution in [0.1, 0.15) is 12.8 Å². The molecule has 1 fully saturated rings. The van der Waals surface area contributed by atoms with Crippen LogP contribution in [0.25, 0.3) is 0 Å². The monoisotopic (exact) mass is 225 g/mol. The molecule has 1 aliphatic heterocycles. The highest BCUT2D eigenvalue weighted by Crippen LogP contribution is 2.20. The van der Waals surface area contributed by atoms with Crippen molar-refractivity contribution in [2.24, 2.45) is 0 Å². The van der Waals surface area contributed by atoms with Crippen LogP contribution in [0.3, 0.4) is 0 Å². The summed E-state index contributed by atoms with van der Waals surface area (Å²) in [7, 11) is 2.02. The van der Waals surface area contributed by atoms with E-state index in [0.29, 0.717) is 11.2 Å². The number of pyridine rings is 1. The summed E-state index contributed by atoms with van der Waals surface area (Å²) in [5.74, 6) is 0. The highest BCUT2D eigenvalue weighted by atomic mass is 35.5. The van der Waals surface area contributed by atoms with Gasteiger partial charge < -0.3 is 10.2 Å². The van der Waals surface area contributed by atoms with Crippen molar-refractivity contribution in [3.05, 3.63) is 23.5 Å². The normalized spacial score (nSPS) is 21.7. The summed E-state index contributed by atoms with van der Waals surface area (Å²) in [6.45, 7) is 2.17. The Morgan fingerprint density at radius 3 is 3.07 bits per heavy atom. The summed E-state index contributed by atoms with van der Waals surface area (Å²) in [5, 5.41) is 3.88. The second-order valence-electron chi connectivity index (χ2n) is 3.91. The van der Waals surface area contributed by atoms with Gasteiger partial charge in [0.2, 0.25) is 0 Å². The van der Waals surface area contributed by atoms with Crippen LogP contribution in [0, 0.1) is 0 Å². The Kier molecular flexibility index (Phi) is 3.44. The van der Waals surface area contributed by atoms with Gasteiger partial charge in [-0.05, 0) is 32.0 Å². The summed E-state index contributed by atoms with van der Waals surface area (Å²) in [4.78, 5) is 6.46. The van der Waals surface area contributed by atoms with E-state index in [-0.39, 0.29) is 0 Å². The number of aromatic nitrogens is 1. The molecule has 1 aromatic heterocycles. The Hall–Kier alpha value is -0.800. The number of piperidine rings is 1. The van der Waals surface area contributed by atoms with Crippen LogP contribution < -0.4 is 10.2 Å². The quantitative estimate of drug-likeness (QED) is 0.780. The van der Waals surface area contributed by atoms with Gasteiger partial charge in [-0.25, -0.2) is 4.98 Å². The summed E-state index contributed by atoms with van der Waals surface area (Å²) >= 11 is 5.76. The zero-order valence-corrected chi connectivity index (χ0v) is 9.67. The minimum Gasteiger partial charge on any atom is -0.369 e. The molecule has 3 nitrogen and oxygen atoms in total. The van der Waals surface area contributed by atoms with Gasteiger partial charge in [0.25, 0.3) is 0 Å². The summed E-state index contributed by atoms with van der Waals surface area (Å²) in [6.07, 6.45) is 4.34. The topological polar surface area (TPSA) is 28.2 Å². The molecule has 0 radical (unpaired) electrons. The molecule has 0 amide bonds. The molecule has 4 heteroatoms. The third kappa shape index (κ3) is 2.61. The fourth-order valence-electron chi connectivity index (χ4n) is 2.00. The first-order valence-electron chi connectivity index (χ1n) is 5.33. The molecule has 1 saturated heterocycles. The number of hydrogen-bond donors (Lipinski definition) is 1. The van der Waals surface area contributed by atoms with Crippen LogP contribution in [0.5, 0.6) is 0 Å². The molecule has 1 atom stereocenters. The number of anilines is 1. The van der Waals surface area contributed by atoms with Gasteiger partial charge in [0.05, 0.1) is 11.9 Å². The number of hydrogen-bond acceptors (Lipinski definition) is 3. The molecule has 1 aromatic rings. The van der Waals surface area contributed by atoms with Gasteiger partial charge in [-0.15, -0.1) is 0 Å². The summed E-state index contributed by atoms with van der Waals surface area (Å²) in [5.41, 5.74) is 1.17. The molecule has 1 aliphatic rings. The van der Waals surface area contributed by atoms with E-state index in [0.717, 1.165) is 13.1 Å². The maximum atomic E-state index is 5.76. The lowest BCUT2D eigenvalue weighted by atomic mass is 10.1. The van der Waals surface area contributed by atoms with E-state index in [4.69, 9.17) is 11.6 Å². The second kappa shape index (κ2) is 4.81. The lowest BCUT2D eigenvalue weighted by molar-refractivity contribution is 0.449. The molecular formula is C11H16ClN3. The van der Waals surface area contributed by atoms with Crippen molar-refractivity contribution in [1.82, 2.24) is 10.3 Å². The average molecular weight is 226 g/mol. The fraction of sp³-hybridized carbons (Fsp3) is 0.545. The first kappa shape index (κ1) is 10.7. The fourth-order valence-corrected chi connectivity index (χ4v) is 2.11. The summed E-state index contributed by atoms with van der Waals surface area (Å²) in [6, 6.07) is 4.47. The van der Waals surface area contributed by atoms with E-state index < -0.39 is 0 Å². The Morgan fingerprint density at radius 1 is 1.53 bits per heavy atom. The molecule has 0 spiro atoms. The van der Waals surface area contributed by atoms with Crippen molar-refractivity contribution in [3.8, 4) is 0 Å². The van der Waals surface area contributed by atoms with Crippen molar-refractivity contribution >= 4 is 17.3 Å². The molecule has 0 bridgehead atoms. The Labute approximate surface area is 95.4 Å². The smallest absolute Gasteiger partial charge is 0.129 e. The molecule has 0 aromatic carbocycles. The molecule has 15 heavy (non-hydrogen) atoms. The van der Waals surface area contributed by atoms with Gasteiger partial charge in [-0.2, -0.15) is 0 Å². The maximum Gasteiger partial charge on any atom is 0.129 e. The van der Waals surface area contributed by atoms with Crippen molar-refractivity contribution in [3.63, 3.8) is 0 Å². The van der Waals surface area contributed by atoms with Crippen LogP contribution >= 0.6 is 11.6 Å². The lowest BCUT2D eigenvalue weighted by Gasteiger charge is -2.34. The first-order chi connectivity index (χ1) is 7.29. The van der Waals surface area contributed by atoms with Crippen LogP contribution in [0.2, 0.25) is 5.15 Å². The molecule has 1 N–H and O–H groups in total. The molecule has 1 unspecified atom stereocenters. The van der Waals surface area contributed by atoms with E-state index in [9.17, 15) is 0 Å². The predicted octanol–water partition coefficient (Wildman–Crippen LogP) is 1.92. The average Bonchev–Trinajstić information content (AvgIpc) is 2.30. The van der Waals surface area contributed by atoms with Crippen LogP contribution in [0.15, 0.2) is 18.3 Å². The van der Waals surface area contributed by atoms with Gasteiger partial charge >= 0.3 is 0 Å². The number of likely N-dealkylation sites (N-methyl/N-ethyl adjacent to an activating group) is 1. The Balaban J connectivity index is 2.06. The van der Waals surface area contributed by atoms with E-state index in [2.05, 4.69) is 15.2 Å². The van der Waals surface area contributed by atoms with Crippen molar-refractivity contribution in [1.29, 1.82) is 0 Å². The number of nitrogens with one attached hydrogen (secondary N) is 1. The second-order valence-corrected chi connectivity index (χ2v) is 4.30. The van der Waals surface area contributed by atoms with Crippen molar-refractivity contribution in [2.45, 2.75) is 18.9 Å². The zero-order chi connectivity index (χ0) is 10.7. The SMILES string of the molecule is CNC1CCCN(c2ccc(Cl)nc2)C1. The zero-order valence-electron chi connectivity index (χ0n) is 8.91.